The van der Waals surface area contributed by atoms with E-state index in [0.29, 0.717) is 37.5 Å². The monoisotopic (exact) mass is 357 g/mol. The molecule has 0 spiro atoms. The molecule has 0 aromatic heterocycles. The fourth-order valence-electron chi connectivity index (χ4n) is 2.67. The summed E-state index contributed by atoms with van der Waals surface area (Å²) in [6, 6.07) is 13.7. The first kappa shape index (κ1) is 19.6. The van der Waals surface area contributed by atoms with Crippen molar-refractivity contribution in [2.75, 3.05) is 27.4 Å². The number of carbonyl (C=O) groups is 1. The van der Waals surface area contributed by atoms with E-state index in [1.807, 2.05) is 36.4 Å². The van der Waals surface area contributed by atoms with Crippen molar-refractivity contribution in [1.29, 1.82) is 0 Å². The molecular weight excluding hydrogens is 330 g/mol. The lowest BCUT2D eigenvalue weighted by atomic mass is 10.1. The predicted molar refractivity (Wildman–Crippen MR) is 102 cm³/mol. The van der Waals surface area contributed by atoms with Crippen molar-refractivity contribution in [2.45, 2.75) is 26.2 Å². The van der Waals surface area contributed by atoms with E-state index in [4.69, 9.17) is 14.2 Å². The molecule has 0 bridgehead atoms. The van der Waals surface area contributed by atoms with Crippen LogP contribution >= 0.6 is 0 Å². The van der Waals surface area contributed by atoms with Crippen LogP contribution in [0.3, 0.4) is 0 Å². The van der Waals surface area contributed by atoms with E-state index in [1.165, 1.54) is 5.56 Å². The maximum Gasteiger partial charge on any atom is 0.220 e. The van der Waals surface area contributed by atoms with Gasteiger partial charge in [0.15, 0.2) is 11.5 Å². The second-order valence-electron chi connectivity index (χ2n) is 5.85. The number of rotatable bonds is 10. The summed E-state index contributed by atoms with van der Waals surface area (Å²) >= 11 is 0. The molecule has 2 aromatic rings. The van der Waals surface area contributed by atoms with Crippen LogP contribution in [0.15, 0.2) is 42.5 Å². The van der Waals surface area contributed by atoms with Gasteiger partial charge in [-0.1, -0.05) is 31.2 Å². The highest BCUT2D eigenvalue weighted by molar-refractivity contribution is 5.76. The molecule has 5 heteroatoms. The van der Waals surface area contributed by atoms with Crippen molar-refractivity contribution in [3.63, 3.8) is 0 Å². The van der Waals surface area contributed by atoms with Gasteiger partial charge in [0.1, 0.15) is 12.4 Å². The third-order valence-corrected chi connectivity index (χ3v) is 4.12. The molecule has 0 aliphatic heterocycles. The van der Waals surface area contributed by atoms with Gasteiger partial charge in [0.2, 0.25) is 5.91 Å². The van der Waals surface area contributed by atoms with Crippen LogP contribution in [-0.4, -0.2) is 33.3 Å². The fraction of sp³-hybridized carbons (Fsp3) is 0.381. The number of carbonyl (C=O) groups excluding carboxylic acids is 1. The summed E-state index contributed by atoms with van der Waals surface area (Å²) in [6.45, 7) is 3.04. The minimum Gasteiger partial charge on any atom is -0.493 e. The maximum absolute atomic E-state index is 12.0. The van der Waals surface area contributed by atoms with Crippen molar-refractivity contribution >= 4 is 5.91 Å². The lowest BCUT2D eigenvalue weighted by Crippen LogP contribution is -2.28. The standard InChI is InChI=1S/C21H27NO4/c1-4-17-7-5-6-8-18(17)26-14-13-22-21(23)12-10-16-9-11-19(24-2)20(15-16)25-3/h5-9,11,15H,4,10,12-14H2,1-3H3,(H,22,23). The SMILES string of the molecule is CCc1ccccc1OCCNC(=O)CCc1ccc(OC)c(OC)c1. The molecule has 0 fully saturated rings. The number of nitrogens with one attached hydrogen (secondary N) is 1. The number of amides is 1. The van der Waals surface area contributed by atoms with E-state index in [1.54, 1.807) is 14.2 Å². The summed E-state index contributed by atoms with van der Waals surface area (Å²) in [5.74, 6) is 2.25. The molecule has 0 heterocycles. The molecule has 0 saturated heterocycles. The van der Waals surface area contributed by atoms with Crippen LogP contribution in [0.4, 0.5) is 0 Å². The number of methoxy groups -OCH3 is 2. The summed E-state index contributed by atoms with van der Waals surface area (Å²) in [6.07, 6.45) is 1.99. The van der Waals surface area contributed by atoms with Gasteiger partial charge in [-0.3, -0.25) is 4.79 Å². The Morgan fingerprint density at radius 2 is 1.77 bits per heavy atom. The van der Waals surface area contributed by atoms with Gasteiger partial charge in [0.25, 0.3) is 0 Å². The second-order valence-corrected chi connectivity index (χ2v) is 5.85. The molecule has 140 valence electrons. The number of ether oxygens (including phenoxy) is 3. The molecule has 0 saturated carbocycles. The van der Waals surface area contributed by atoms with Crippen LogP contribution in [0.25, 0.3) is 0 Å². The highest BCUT2D eigenvalue weighted by atomic mass is 16.5. The molecule has 2 rings (SSSR count). The number of benzene rings is 2. The smallest absolute Gasteiger partial charge is 0.220 e. The lowest BCUT2D eigenvalue weighted by Gasteiger charge is -2.11. The Kier molecular flexibility index (Phi) is 7.80. The molecule has 26 heavy (non-hydrogen) atoms. The Hall–Kier alpha value is -2.69. The van der Waals surface area contributed by atoms with Crippen LogP contribution in [-0.2, 0) is 17.6 Å². The topological polar surface area (TPSA) is 56.8 Å². The molecule has 0 aliphatic rings. The molecular formula is C21H27NO4. The van der Waals surface area contributed by atoms with Gasteiger partial charge in [-0.25, -0.2) is 0 Å². The van der Waals surface area contributed by atoms with Gasteiger partial charge < -0.3 is 19.5 Å². The summed E-state index contributed by atoms with van der Waals surface area (Å²) in [5.41, 5.74) is 2.21. The summed E-state index contributed by atoms with van der Waals surface area (Å²) < 4.78 is 16.3. The van der Waals surface area contributed by atoms with Gasteiger partial charge in [-0.05, 0) is 42.2 Å². The van der Waals surface area contributed by atoms with E-state index in [-0.39, 0.29) is 5.91 Å². The van der Waals surface area contributed by atoms with Crippen molar-refractivity contribution in [1.82, 2.24) is 5.32 Å². The Labute approximate surface area is 155 Å². The van der Waals surface area contributed by atoms with Gasteiger partial charge in [0, 0.05) is 6.42 Å². The van der Waals surface area contributed by atoms with Crippen LogP contribution < -0.4 is 19.5 Å². The van der Waals surface area contributed by atoms with Gasteiger partial charge in [-0.2, -0.15) is 0 Å². The van der Waals surface area contributed by atoms with E-state index < -0.39 is 0 Å². The zero-order valence-electron chi connectivity index (χ0n) is 15.7. The van der Waals surface area contributed by atoms with Gasteiger partial charge in [0.05, 0.1) is 20.8 Å². The second kappa shape index (κ2) is 10.3. The highest BCUT2D eigenvalue weighted by Crippen LogP contribution is 2.27. The van der Waals surface area contributed by atoms with Crippen molar-refractivity contribution < 1.29 is 19.0 Å². The summed E-state index contributed by atoms with van der Waals surface area (Å²) in [4.78, 5) is 12.0. The van der Waals surface area contributed by atoms with Crippen LogP contribution in [0.2, 0.25) is 0 Å². The quantitative estimate of drug-likeness (QED) is 0.662. The lowest BCUT2D eigenvalue weighted by molar-refractivity contribution is -0.121. The van der Waals surface area contributed by atoms with Crippen LogP contribution in [0.5, 0.6) is 17.2 Å². The summed E-state index contributed by atoms with van der Waals surface area (Å²) in [5, 5.41) is 2.89. The third kappa shape index (κ3) is 5.69. The average molecular weight is 357 g/mol. The molecule has 1 N–H and O–H groups in total. The zero-order valence-corrected chi connectivity index (χ0v) is 15.7. The molecule has 0 aliphatic carbocycles. The Balaban J connectivity index is 1.72. The number of aryl methyl sites for hydroxylation is 2. The van der Waals surface area contributed by atoms with Crippen molar-refractivity contribution in [3.05, 3.63) is 53.6 Å². The average Bonchev–Trinajstić information content (AvgIpc) is 2.69. The molecule has 0 atom stereocenters. The summed E-state index contributed by atoms with van der Waals surface area (Å²) in [7, 11) is 3.21. The highest BCUT2D eigenvalue weighted by Gasteiger charge is 2.07. The van der Waals surface area contributed by atoms with Crippen molar-refractivity contribution in [2.24, 2.45) is 0 Å². The van der Waals surface area contributed by atoms with Crippen molar-refractivity contribution in [3.8, 4) is 17.2 Å². The maximum atomic E-state index is 12.0. The van der Waals surface area contributed by atoms with E-state index in [9.17, 15) is 4.79 Å². The fourth-order valence-corrected chi connectivity index (χ4v) is 2.67. The normalized spacial score (nSPS) is 10.3. The first-order valence-corrected chi connectivity index (χ1v) is 8.86. The van der Waals surface area contributed by atoms with Gasteiger partial charge >= 0.3 is 0 Å². The predicted octanol–water partition coefficient (Wildman–Crippen LogP) is 3.39. The first-order chi connectivity index (χ1) is 12.7. The van der Waals surface area contributed by atoms with Gasteiger partial charge in [-0.15, -0.1) is 0 Å². The van der Waals surface area contributed by atoms with Crippen LogP contribution in [0, 0.1) is 0 Å². The van der Waals surface area contributed by atoms with E-state index in [0.717, 1.165) is 17.7 Å². The van der Waals surface area contributed by atoms with E-state index >= 15 is 0 Å². The third-order valence-electron chi connectivity index (χ3n) is 4.12. The zero-order chi connectivity index (χ0) is 18.8. The number of hydrogen-bond acceptors (Lipinski definition) is 4. The molecule has 0 unspecified atom stereocenters. The molecule has 5 nitrogen and oxygen atoms in total. The Bertz CT molecular complexity index is 715. The molecule has 2 aromatic carbocycles. The Morgan fingerprint density at radius 3 is 2.50 bits per heavy atom. The van der Waals surface area contributed by atoms with E-state index in [2.05, 4.69) is 18.3 Å². The minimum atomic E-state index is 0.00663. The minimum absolute atomic E-state index is 0.00663. The number of para-hydroxylation sites is 1. The van der Waals surface area contributed by atoms with Crippen LogP contribution in [0.1, 0.15) is 24.5 Å². The first-order valence-electron chi connectivity index (χ1n) is 8.86. The largest absolute Gasteiger partial charge is 0.493 e. The number of hydrogen-bond donors (Lipinski definition) is 1. The molecule has 0 radical (unpaired) electrons. The molecule has 1 amide bonds. The Morgan fingerprint density at radius 1 is 1.00 bits per heavy atom.